The van der Waals surface area contributed by atoms with Gasteiger partial charge in [-0.2, -0.15) is 5.26 Å². The molecule has 4 rings (SSSR count). The highest BCUT2D eigenvalue weighted by atomic mass is 35.5. The third kappa shape index (κ3) is 3.72. The Hall–Kier alpha value is -1.87. The molecule has 0 amide bonds. The second-order valence-corrected chi connectivity index (χ2v) is 6.56. The van der Waals surface area contributed by atoms with Gasteiger partial charge in [0, 0.05) is 49.7 Å². The van der Waals surface area contributed by atoms with Crippen molar-refractivity contribution in [2.75, 3.05) is 38.1 Å². The molecule has 132 valence electrons. The van der Waals surface area contributed by atoms with Gasteiger partial charge in [0.05, 0.1) is 0 Å². The molecule has 0 N–H and O–H groups in total. The summed E-state index contributed by atoms with van der Waals surface area (Å²) in [7, 11) is 2.20. The first-order chi connectivity index (χ1) is 11.2. The summed E-state index contributed by atoms with van der Waals surface area (Å²) in [4.78, 5) is 13.6. The third-order valence-corrected chi connectivity index (χ3v) is 4.97. The van der Waals surface area contributed by atoms with Crippen molar-refractivity contribution in [2.45, 2.75) is 0 Å². The second kappa shape index (κ2) is 8.01. The van der Waals surface area contributed by atoms with E-state index in [0.717, 1.165) is 41.9 Å². The zero-order valence-corrected chi connectivity index (χ0v) is 15.6. The Kier molecular flexibility index (Phi) is 6.23. The number of hydrogen-bond acceptors (Lipinski definition) is 5. The van der Waals surface area contributed by atoms with E-state index in [1.165, 1.54) is 13.1 Å². The lowest BCUT2D eigenvalue weighted by Crippen LogP contribution is -2.27. The van der Waals surface area contributed by atoms with Crippen LogP contribution in [0.1, 0.15) is 5.69 Å². The molecule has 0 bridgehead atoms. The lowest BCUT2D eigenvalue weighted by Gasteiger charge is -2.20. The molecule has 2 aliphatic rings. The Morgan fingerprint density at radius 3 is 2.36 bits per heavy atom. The van der Waals surface area contributed by atoms with E-state index >= 15 is 0 Å². The van der Waals surface area contributed by atoms with E-state index in [9.17, 15) is 5.26 Å². The van der Waals surface area contributed by atoms with Crippen LogP contribution in [0, 0.1) is 23.2 Å². The van der Waals surface area contributed by atoms with Crippen LogP contribution in [0.15, 0.2) is 36.7 Å². The number of nitrogens with zero attached hydrogens (tertiary/aromatic N) is 5. The molecule has 4 heterocycles. The fourth-order valence-electron chi connectivity index (χ4n) is 3.87. The topological polar surface area (TPSA) is 56.0 Å². The predicted octanol–water partition coefficient (Wildman–Crippen LogP) is 2.86. The smallest absolute Gasteiger partial charge is 0.148 e. The molecule has 0 aliphatic carbocycles. The number of aromatic nitrogens is 2. The number of fused-ring (bicyclic) bond motifs is 1. The van der Waals surface area contributed by atoms with Crippen molar-refractivity contribution in [2.24, 2.45) is 11.8 Å². The van der Waals surface area contributed by atoms with Crippen molar-refractivity contribution in [1.82, 2.24) is 14.9 Å². The van der Waals surface area contributed by atoms with Gasteiger partial charge in [-0.25, -0.2) is 9.97 Å². The molecule has 5 nitrogen and oxygen atoms in total. The van der Waals surface area contributed by atoms with Crippen molar-refractivity contribution in [3.8, 4) is 17.2 Å². The van der Waals surface area contributed by atoms with E-state index in [0.29, 0.717) is 5.69 Å². The number of rotatable bonds is 2. The molecule has 2 unspecified atom stereocenters. The molecule has 2 aliphatic heterocycles. The molecule has 0 aromatic carbocycles. The van der Waals surface area contributed by atoms with Crippen LogP contribution in [0.5, 0.6) is 0 Å². The summed E-state index contributed by atoms with van der Waals surface area (Å²) in [6.45, 7) is 4.58. The number of pyridine rings is 2. The summed E-state index contributed by atoms with van der Waals surface area (Å²) in [5, 5.41) is 9.18. The van der Waals surface area contributed by atoms with E-state index < -0.39 is 0 Å². The summed E-state index contributed by atoms with van der Waals surface area (Å²) in [5.41, 5.74) is 2.23. The predicted molar refractivity (Wildman–Crippen MR) is 103 cm³/mol. The van der Waals surface area contributed by atoms with Crippen molar-refractivity contribution in [1.29, 1.82) is 5.26 Å². The molecule has 2 aromatic rings. The summed E-state index contributed by atoms with van der Waals surface area (Å²) in [6.07, 6.45) is 3.50. The van der Waals surface area contributed by atoms with Crippen molar-refractivity contribution in [3.05, 3.63) is 42.4 Å². The Labute approximate surface area is 160 Å². The van der Waals surface area contributed by atoms with Gasteiger partial charge in [0.1, 0.15) is 17.6 Å². The lowest BCUT2D eigenvalue weighted by molar-refractivity contribution is 0.387. The molecule has 2 atom stereocenters. The maximum atomic E-state index is 9.18. The van der Waals surface area contributed by atoms with Crippen molar-refractivity contribution < 1.29 is 0 Å². The molecule has 0 radical (unpaired) electrons. The summed E-state index contributed by atoms with van der Waals surface area (Å²) in [5.74, 6) is 2.57. The van der Waals surface area contributed by atoms with E-state index in [1.54, 1.807) is 6.20 Å². The van der Waals surface area contributed by atoms with Crippen LogP contribution in [-0.4, -0.2) is 48.1 Å². The van der Waals surface area contributed by atoms with Gasteiger partial charge in [0.25, 0.3) is 0 Å². The minimum absolute atomic E-state index is 0. The van der Waals surface area contributed by atoms with E-state index in [2.05, 4.69) is 39.0 Å². The first-order valence-electron chi connectivity index (χ1n) is 7.99. The van der Waals surface area contributed by atoms with Gasteiger partial charge >= 0.3 is 0 Å². The van der Waals surface area contributed by atoms with Crippen LogP contribution >= 0.6 is 24.8 Å². The highest BCUT2D eigenvalue weighted by Crippen LogP contribution is 2.33. The van der Waals surface area contributed by atoms with E-state index in [4.69, 9.17) is 0 Å². The van der Waals surface area contributed by atoms with Gasteiger partial charge in [0.15, 0.2) is 0 Å². The lowest BCUT2D eigenvalue weighted by atomic mass is 10.0. The van der Waals surface area contributed by atoms with Gasteiger partial charge in [0.2, 0.25) is 0 Å². The largest absolute Gasteiger partial charge is 0.356 e. The molecular formula is C18H21Cl2N5. The summed E-state index contributed by atoms with van der Waals surface area (Å²) in [6, 6.07) is 10.0. The number of likely N-dealkylation sites (tertiary alicyclic amines) is 1. The van der Waals surface area contributed by atoms with Crippen LogP contribution in [0.25, 0.3) is 11.1 Å². The van der Waals surface area contributed by atoms with Crippen LogP contribution in [0.4, 0.5) is 5.82 Å². The maximum Gasteiger partial charge on any atom is 0.148 e. The Bertz CT molecular complexity index is 745. The van der Waals surface area contributed by atoms with Gasteiger partial charge in [-0.1, -0.05) is 0 Å². The number of nitriles is 1. The Morgan fingerprint density at radius 1 is 1.04 bits per heavy atom. The molecule has 2 saturated heterocycles. The normalized spacial score (nSPS) is 21.8. The first-order valence-corrected chi connectivity index (χ1v) is 7.99. The number of hydrogen-bond donors (Lipinski definition) is 0. The van der Waals surface area contributed by atoms with Gasteiger partial charge < -0.3 is 9.80 Å². The molecular weight excluding hydrogens is 357 g/mol. The van der Waals surface area contributed by atoms with Crippen LogP contribution in [0.3, 0.4) is 0 Å². The minimum Gasteiger partial charge on any atom is -0.356 e. The Balaban J connectivity index is 0.00000113. The van der Waals surface area contributed by atoms with Crippen LogP contribution in [-0.2, 0) is 0 Å². The van der Waals surface area contributed by atoms with E-state index in [1.807, 2.05) is 24.4 Å². The van der Waals surface area contributed by atoms with Gasteiger partial charge in [-0.15, -0.1) is 24.8 Å². The molecule has 7 heteroatoms. The maximum absolute atomic E-state index is 9.18. The fourth-order valence-corrected chi connectivity index (χ4v) is 3.87. The average molecular weight is 378 g/mol. The Morgan fingerprint density at radius 2 is 1.76 bits per heavy atom. The van der Waals surface area contributed by atoms with Crippen LogP contribution < -0.4 is 4.90 Å². The summed E-state index contributed by atoms with van der Waals surface area (Å²) >= 11 is 0. The van der Waals surface area contributed by atoms with Gasteiger partial charge in [-0.3, -0.25) is 0 Å². The first kappa shape index (κ1) is 19.5. The monoisotopic (exact) mass is 377 g/mol. The number of halogens is 2. The zero-order valence-electron chi connectivity index (χ0n) is 14.0. The standard InChI is InChI=1S/C18H19N5.2ClH/c1-22-9-14-11-23(12-15(14)10-22)18-5-4-13(8-21-18)16-3-2-6-20-17(16)7-19;;/h2-6,8,14-15H,9-12H2,1H3;2*1H. The van der Waals surface area contributed by atoms with Crippen LogP contribution in [0.2, 0.25) is 0 Å². The van der Waals surface area contributed by atoms with Crippen molar-refractivity contribution >= 4 is 30.6 Å². The zero-order chi connectivity index (χ0) is 15.8. The third-order valence-electron chi connectivity index (χ3n) is 4.97. The molecule has 0 saturated carbocycles. The quantitative estimate of drug-likeness (QED) is 0.805. The summed E-state index contributed by atoms with van der Waals surface area (Å²) < 4.78 is 0. The van der Waals surface area contributed by atoms with Gasteiger partial charge in [-0.05, 0) is 43.1 Å². The van der Waals surface area contributed by atoms with Crippen molar-refractivity contribution in [3.63, 3.8) is 0 Å². The van der Waals surface area contributed by atoms with E-state index in [-0.39, 0.29) is 24.8 Å². The highest BCUT2D eigenvalue weighted by molar-refractivity contribution is 5.85. The SMILES string of the molecule is CN1CC2CN(c3ccc(-c4cccnc4C#N)cn3)CC2C1.Cl.Cl. The fraction of sp³-hybridized carbons (Fsp3) is 0.389. The second-order valence-electron chi connectivity index (χ2n) is 6.56. The average Bonchev–Trinajstić information content (AvgIpc) is 3.12. The minimum atomic E-state index is 0. The molecule has 2 fully saturated rings. The molecule has 25 heavy (non-hydrogen) atoms. The molecule has 2 aromatic heterocycles. The molecule has 0 spiro atoms. The number of anilines is 1. The highest BCUT2D eigenvalue weighted by Gasteiger charge is 2.38.